The average Bonchev–Trinajstić information content (AvgIpc) is 3.41. The highest BCUT2D eigenvalue weighted by Crippen LogP contribution is 2.12. The molecule has 0 aliphatic heterocycles. The molecular weight excluding hydrogens is 925 g/mol. The molecule has 0 radical (unpaired) electrons. The van der Waals surface area contributed by atoms with Gasteiger partial charge in [0.2, 0.25) is 0 Å². The number of ether oxygens (including phenoxy) is 3. The highest BCUT2D eigenvalue weighted by Gasteiger charge is 2.19. The van der Waals surface area contributed by atoms with Gasteiger partial charge in [-0.25, -0.2) is 0 Å². The fourth-order valence-electron chi connectivity index (χ4n) is 7.32. The Morgan fingerprint density at radius 2 is 0.547 bits per heavy atom. The molecule has 0 saturated carbocycles. The minimum absolute atomic E-state index is 0.135. The largest absolute Gasteiger partial charge is 0.462 e. The van der Waals surface area contributed by atoms with E-state index in [9.17, 15) is 14.4 Å². The summed E-state index contributed by atoms with van der Waals surface area (Å²) in [4.78, 5) is 38.2. The maximum absolute atomic E-state index is 12.9. The van der Waals surface area contributed by atoms with Gasteiger partial charge in [0.25, 0.3) is 0 Å². The molecule has 6 nitrogen and oxygen atoms in total. The Hall–Kier alpha value is -5.23. The monoisotopic (exact) mass is 1030 g/mol. The summed E-state index contributed by atoms with van der Waals surface area (Å²) in [5, 5.41) is 0. The van der Waals surface area contributed by atoms with Gasteiger partial charge in [0.15, 0.2) is 6.10 Å². The van der Waals surface area contributed by atoms with Crippen LogP contribution in [0, 0.1) is 0 Å². The average molecular weight is 1030 g/mol. The zero-order valence-electron chi connectivity index (χ0n) is 47.7. The summed E-state index contributed by atoms with van der Waals surface area (Å²) in [6.45, 7) is 6.26. The number of carbonyl (C=O) groups excluding carboxylic acids is 3. The first-order valence-corrected chi connectivity index (χ1v) is 29.6. The minimum Gasteiger partial charge on any atom is -0.462 e. The van der Waals surface area contributed by atoms with Gasteiger partial charge >= 0.3 is 17.9 Å². The fourth-order valence-corrected chi connectivity index (χ4v) is 7.32. The van der Waals surface area contributed by atoms with Gasteiger partial charge in [0, 0.05) is 19.3 Å². The maximum Gasteiger partial charge on any atom is 0.306 e. The molecule has 0 aliphatic rings. The Morgan fingerprint density at radius 1 is 0.280 bits per heavy atom. The summed E-state index contributed by atoms with van der Waals surface area (Å²) < 4.78 is 16.8. The Morgan fingerprint density at radius 3 is 0.893 bits per heavy atom. The van der Waals surface area contributed by atoms with Crippen LogP contribution in [0.5, 0.6) is 0 Å². The van der Waals surface area contributed by atoms with Crippen LogP contribution in [0.1, 0.15) is 226 Å². The van der Waals surface area contributed by atoms with E-state index in [0.717, 1.165) is 122 Å². The molecular formula is C69H106O6. The van der Waals surface area contributed by atoms with Crippen LogP contribution in [0.2, 0.25) is 0 Å². The minimum atomic E-state index is -0.851. The van der Waals surface area contributed by atoms with E-state index in [2.05, 4.69) is 179 Å². The second-order valence-corrected chi connectivity index (χ2v) is 18.8. The van der Waals surface area contributed by atoms with Crippen molar-refractivity contribution >= 4 is 17.9 Å². The van der Waals surface area contributed by atoms with Crippen LogP contribution in [0.4, 0.5) is 0 Å². The lowest BCUT2D eigenvalue weighted by Gasteiger charge is -2.18. The number of hydrogen-bond donors (Lipinski definition) is 0. The van der Waals surface area contributed by atoms with Gasteiger partial charge in [-0.05, 0) is 141 Å². The molecule has 1 atom stereocenters. The number of rotatable bonds is 51. The van der Waals surface area contributed by atoms with Crippen molar-refractivity contribution < 1.29 is 28.6 Å². The lowest BCUT2D eigenvalue weighted by molar-refractivity contribution is -0.166. The van der Waals surface area contributed by atoms with Crippen molar-refractivity contribution in [1.82, 2.24) is 0 Å². The number of unbranched alkanes of at least 4 members (excludes halogenated alkanes) is 12. The standard InChI is InChI=1S/C69H106O6/c1-4-7-10-13-16-19-22-25-28-31-33-34-36-38-41-44-47-50-53-56-59-62-68(71)74-65-66(64-73-67(70)61-58-55-52-49-46-43-40-37-30-27-24-21-18-15-12-9-6-3)75-69(72)63-60-57-54-51-48-45-42-39-35-32-29-26-23-20-17-14-11-8-5-2/h7-8,10-11,16-21,25-30,33-35,38-39,41,45,47-48,50,54,57,66H,4-6,9,12-15,22-24,31-32,36-37,40,42-44,46,49,51-53,55-56,58-65H2,1-3H3/b10-7-,11-8-,19-16-,20-17-,21-18-,28-25-,29-26-,30-27-,34-33-,39-35-,41-38-,48-45-,50-47-,57-54-. The molecule has 0 spiro atoms. The van der Waals surface area contributed by atoms with E-state index in [1.165, 1.54) is 51.4 Å². The van der Waals surface area contributed by atoms with Crippen LogP contribution in [-0.2, 0) is 28.6 Å². The third-order valence-corrected chi connectivity index (χ3v) is 11.7. The summed E-state index contributed by atoms with van der Waals surface area (Å²) >= 11 is 0. The highest BCUT2D eigenvalue weighted by molar-refractivity contribution is 5.71. The summed E-state index contributed by atoms with van der Waals surface area (Å²) in [5.74, 6) is -1.08. The number of esters is 3. The van der Waals surface area contributed by atoms with E-state index in [-0.39, 0.29) is 38.0 Å². The Bertz CT molecular complexity index is 1750. The number of carbonyl (C=O) groups is 3. The molecule has 0 amide bonds. The van der Waals surface area contributed by atoms with Crippen molar-refractivity contribution in [3.8, 4) is 0 Å². The highest BCUT2D eigenvalue weighted by atomic mass is 16.6. The first kappa shape index (κ1) is 69.8. The smallest absolute Gasteiger partial charge is 0.306 e. The van der Waals surface area contributed by atoms with E-state index in [0.29, 0.717) is 19.3 Å². The van der Waals surface area contributed by atoms with E-state index < -0.39 is 12.1 Å². The molecule has 0 aromatic carbocycles. The summed E-state index contributed by atoms with van der Waals surface area (Å²) in [6.07, 6.45) is 90.7. The molecule has 1 unspecified atom stereocenters. The molecule has 0 aliphatic carbocycles. The Balaban J connectivity index is 4.63. The van der Waals surface area contributed by atoms with E-state index in [4.69, 9.17) is 14.2 Å². The maximum atomic E-state index is 12.9. The SMILES string of the molecule is CC/C=C\C/C=C\C/C=C\C/C=C\C/C=C\C/C=C\CCCCC(=O)OCC(COC(=O)CCCCCCCCC/C=C\C/C=C\CCCCC)OC(=O)CC/C=C\C/C=C\C/C=C\C/C=C\C/C=C\C/C=C\CC. The van der Waals surface area contributed by atoms with Crippen molar-refractivity contribution in [2.24, 2.45) is 0 Å². The number of allylic oxidation sites excluding steroid dienone is 28. The lowest BCUT2D eigenvalue weighted by atomic mass is 10.1. The Kier molecular flexibility index (Phi) is 57.0. The van der Waals surface area contributed by atoms with Crippen molar-refractivity contribution in [2.75, 3.05) is 13.2 Å². The van der Waals surface area contributed by atoms with Gasteiger partial charge in [-0.2, -0.15) is 0 Å². The normalized spacial score (nSPS) is 13.4. The fraction of sp³-hybridized carbons (Fsp3) is 0.551. The molecule has 0 fully saturated rings. The number of hydrogen-bond acceptors (Lipinski definition) is 6. The first-order valence-electron chi connectivity index (χ1n) is 29.6. The third-order valence-electron chi connectivity index (χ3n) is 11.7. The van der Waals surface area contributed by atoms with Crippen molar-refractivity contribution in [3.63, 3.8) is 0 Å². The van der Waals surface area contributed by atoms with Crippen LogP contribution in [-0.4, -0.2) is 37.2 Å². The van der Waals surface area contributed by atoms with Crippen LogP contribution < -0.4 is 0 Å². The summed E-state index contributed by atoms with van der Waals surface area (Å²) in [6, 6.07) is 0. The zero-order chi connectivity index (χ0) is 54.3. The van der Waals surface area contributed by atoms with Gasteiger partial charge in [-0.3, -0.25) is 14.4 Å². The van der Waals surface area contributed by atoms with Crippen LogP contribution >= 0.6 is 0 Å². The van der Waals surface area contributed by atoms with Crippen LogP contribution in [0.15, 0.2) is 170 Å². The molecule has 0 aromatic heterocycles. The predicted octanol–water partition coefficient (Wildman–Crippen LogP) is 20.3. The lowest BCUT2D eigenvalue weighted by Crippen LogP contribution is -2.30. The molecule has 0 bridgehead atoms. The second-order valence-electron chi connectivity index (χ2n) is 18.8. The van der Waals surface area contributed by atoms with Crippen molar-refractivity contribution in [3.05, 3.63) is 170 Å². The van der Waals surface area contributed by atoms with E-state index in [1.54, 1.807) is 0 Å². The molecule has 0 rings (SSSR count). The van der Waals surface area contributed by atoms with Gasteiger partial charge in [0.1, 0.15) is 13.2 Å². The van der Waals surface area contributed by atoms with Gasteiger partial charge < -0.3 is 14.2 Å². The zero-order valence-corrected chi connectivity index (χ0v) is 47.7. The Labute approximate surface area is 460 Å². The van der Waals surface area contributed by atoms with E-state index >= 15 is 0 Å². The molecule has 75 heavy (non-hydrogen) atoms. The second kappa shape index (κ2) is 61.3. The summed E-state index contributed by atoms with van der Waals surface area (Å²) in [7, 11) is 0. The van der Waals surface area contributed by atoms with Gasteiger partial charge in [-0.1, -0.05) is 236 Å². The molecule has 0 saturated heterocycles. The molecule has 0 heterocycles. The van der Waals surface area contributed by atoms with Crippen LogP contribution in [0.25, 0.3) is 0 Å². The van der Waals surface area contributed by atoms with E-state index in [1.807, 2.05) is 12.2 Å². The van der Waals surface area contributed by atoms with Crippen molar-refractivity contribution in [2.45, 2.75) is 232 Å². The first-order chi connectivity index (χ1) is 37.0. The molecule has 0 N–H and O–H groups in total. The predicted molar refractivity (Wildman–Crippen MR) is 325 cm³/mol. The van der Waals surface area contributed by atoms with Crippen LogP contribution in [0.3, 0.4) is 0 Å². The third kappa shape index (κ3) is 59.5. The van der Waals surface area contributed by atoms with Gasteiger partial charge in [-0.15, -0.1) is 0 Å². The topological polar surface area (TPSA) is 78.9 Å². The van der Waals surface area contributed by atoms with Crippen molar-refractivity contribution in [1.29, 1.82) is 0 Å². The molecule has 6 heteroatoms. The molecule has 418 valence electrons. The molecule has 0 aromatic rings. The van der Waals surface area contributed by atoms with Gasteiger partial charge in [0.05, 0.1) is 0 Å². The quantitative estimate of drug-likeness (QED) is 0.0261. The summed E-state index contributed by atoms with van der Waals surface area (Å²) in [5.41, 5.74) is 0.